The summed E-state index contributed by atoms with van der Waals surface area (Å²) in [4.78, 5) is 0. The minimum Gasteiger partial charge on any atom is -0.493 e. The number of ether oxygens (including phenoxy) is 2. The number of rotatable bonds is 6. The average molecular weight is 281 g/mol. The molecule has 0 aliphatic carbocycles. The standard InChI is InChI=1S/C15H23NO2S/c1-16-8-5-12-3-4-14(15(11-12)17-2)18-13-6-9-19-10-7-13/h3-4,11,13,16H,5-10H2,1-2H3. The van der Waals surface area contributed by atoms with Gasteiger partial charge in [-0.05, 0) is 62.1 Å². The molecular weight excluding hydrogens is 258 g/mol. The van der Waals surface area contributed by atoms with E-state index in [1.165, 1.54) is 17.1 Å². The van der Waals surface area contributed by atoms with Gasteiger partial charge in [-0.1, -0.05) is 6.07 Å². The lowest BCUT2D eigenvalue weighted by atomic mass is 10.1. The zero-order valence-electron chi connectivity index (χ0n) is 11.8. The second kappa shape index (κ2) is 7.65. The number of likely N-dealkylation sites (N-methyl/N-ethyl adjacent to an activating group) is 1. The Balaban J connectivity index is 2.02. The highest BCUT2D eigenvalue weighted by molar-refractivity contribution is 7.99. The molecule has 0 atom stereocenters. The van der Waals surface area contributed by atoms with Crippen LogP contribution < -0.4 is 14.8 Å². The monoisotopic (exact) mass is 281 g/mol. The molecular formula is C15H23NO2S. The maximum atomic E-state index is 6.08. The Bertz CT molecular complexity index is 392. The largest absolute Gasteiger partial charge is 0.493 e. The molecule has 0 saturated carbocycles. The van der Waals surface area contributed by atoms with Crippen molar-refractivity contribution in [1.82, 2.24) is 5.32 Å². The van der Waals surface area contributed by atoms with Crippen LogP contribution in [0.1, 0.15) is 18.4 Å². The van der Waals surface area contributed by atoms with E-state index in [4.69, 9.17) is 9.47 Å². The number of hydrogen-bond donors (Lipinski definition) is 1. The Morgan fingerprint density at radius 3 is 2.74 bits per heavy atom. The van der Waals surface area contributed by atoms with Gasteiger partial charge in [0.05, 0.1) is 7.11 Å². The Morgan fingerprint density at radius 1 is 1.26 bits per heavy atom. The minimum atomic E-state index is 0.346. The van der Waals surface area contributed by atoms with E-state index in [0.29, 0.717) is 6.10 Å². The number of thioether (sulfide) groups is 1. The zero-order chi connectivity index (χ0) is 13.5. The first-order chi connectivity index (χ1) is 9.33. The maximum absolute atomic E-state index is 6.08. The average Bonchev–Trinajstić information content (AvgIpc) is 2.47. The molecule has 1 aliphatic rings. The number of benzene rings is 1. The van der Waals surface area contributed by atoms with E-state index in [-0.39, 0.29) is 0 Å². The quantitative estimate of drug-likeness (QED) is 0.868. The SMILES string of the molecule is CNCCc1ccc(OC2CCSCC2)c(OC)c1. The second-order valence-electron chi connectivity index (χ2n) is 4.77. The predicted molar refractivity (Wildman–Crippen MR) is 81.6 cm³/mol. The highest BCUT2D eigenvalue weighted by Gasteiger charge is 2.17. The molecule has 0 amide bonds. The van der Waals surface area contributed by atoms with E-state index in [1.54, 1.807) is 7.11 Å². The Labute approximate surface area is 120 Å². The molecule has 1 fully saturated rings. The number of hydrogen-bond acceptors (Lipinski definition) is 4. The van der Waals surface area contributed by atoms with Crippen molar-refractivity contribution in [1.29, 1.82) is 0 Å². The molecule has 0 radical (unpaired) electrons. The van der Waals surface area contributed by atoms with Crippen LogP contribution in [-0.2, 0) is 6.42 Å². The summed E-state index contributed by atoms with van der Waals surface area (Å²) in [6.07, 6.45) is 3.62. The molecule has 0 unspecified atom stereocenters. The van der Waals surface area contributed by atoms with E-state index in [0.717, 1.165) is 37.3 Å². The van der Waals surface area contributed by atoms with Crippen LogP contribution in [0.5, 0.6) is 11.5 Å². The van der Waals surface area contributed by atoms with Gasteiger partial charge in [-0.3, -0.25) is 0 Å². The van der Waals surface area contributed by atoms with Crippen LogP contribution in [-0.4, -0.2) is 38.3 Å². The molecule has 1 heterocycles. The predicted octanol–water partition coefficient (Wildman–Crippen LogP) is 2.73. The van der Waals surface area contributed by atoms with E-state index < -0.39 is 0 Å². The summed E-state index contributed by atoms with van der Waals surface area (Å²) in [6, 6.07) is 6.27. The van der Waals surface area contributed by atoms with Crippen LogP contribution in [0, 0.1) is 0 Å². The van der Waals surface area contributed by atoms with E-state index in [9.17, 15) is 0 Å². The molecule has 1 aliphatic heterocycles. The maximum Gasteiger partial charge on any atom is 0.161 e. The third kappa shape index (κ3) is 4.32. The normalized spacial score (nSPS) is 16.3. The smallest absolute Gasteiger partial charge is 0.161 e. The summed E-state index contributed by atoms with van der Waals surface area (Å²) in [5.41, 5.74) is 1.28. The van der Waals surface area contributed by atoms with Crippen LogP contribution in [0.25, 0.3) is 0 Å². The summed E-state index contributed by atoms with van der Waals surface area (Å²) in [7, 11) is 3.68. The van der Waals surface area contributed by atoms with Gasteiger partial charge in [0.25, 0.3) is 0 Å². The molecule has 19 heavy (non-hydrogen) atoms. The molecule has 0 spiro atoms. The molecule has 1 N–H and O–H groups in total. The second-order valence-corrected chi connectivity index (χ2v) is 5.99. The third-order valence-electron chi connectivity index (χ3n) is 3.35. The molecule has 1 saturated heterocycles. The van der Waals surface area contributed by atoms with Gasteiger partial charge in [0.1, 0.15) is 6.10 Å². The summed E-state index contributed by atoms with van der Waals surface area (Å²) < 4.78 is 11.5. The van der Waals surface area contributed by atoms with Gasteiger partial charge >= 0.3 is 0 Å². The van der Waals surface area contributed by atoms with Crippen molar-refractivity contribution in [2.24, 2.45) is 0 Å². The van der Waals surface area contributed by atoms with Crippen LogP contribution in [0.15, 0.2) is 18.2 Å². The molecule has 0 bridgehead atoms. The summed E-state index contributed by atoms with van der Waals surface area (Å²) in [6.45, 7) is 0.975. The van der Waals surface area contributed by atoms with Gasteiger partial charge in [-0.25, -0.2) is 0 Å². The lowest BCUT2D eigenvalue weighted by Gasteiger charge is -2.24. The molecule has 3 nitrogen and oxygen atoms in total. The molecule has 1 aromatic carbocycles. The van der Waals surface area contributed by atoms with Crippen LogP contribution in [0.3, 0.4) is 0 Å². The van der Waals surface area contributed by atoms with Crippen molar-refractivity contribution in [2.75, 3.05) is 32.2 Å². The first kappa shape index (κ1) is 14.5. The molecule has 4 heteroatoms. The van der Waals surface area contributed by atoms with Gasteiger partial charge in [0, 0.05) is 0 Å². The Morgan fingerprint density at radius 2 is 2.05 bits per heavy atom. The first-order valence-corrected chi connectivity index (χ1v) is 8.05. The fourth-order valence-electron chi connectivity index (χ4n) is 2.21. The van der Waals surface area contributed by atoms with E-state index >= 15 is 0 Å². The highest BCUT2D eigenvalue weighted by atomic mass is 32.2. The third-order valence-corrected chi connectivity index (χ3v) is 4.40. The van der Waals surface area contributed by atoms with Crippen molar-refractivity contribution in [3.05, 3.63) is 23.8 Å². The Hall–Kier alpha value is -0.870. The van der Waals surface area contributed by atoms with Gasteiger partial charge in [0.15, 0.2) is 11.5 Å². The van der Waals surface area contributed by atoms with Crippen molar-refractivity contribution in [3.63, 3.8) is 0 Å². The van der Waals surface area contributed by atoms with Gasteiger partial charge in [-0.15, -0.1) is 0 Å². The van der Waals surface area contributed by atoms with Crippen LogP contribution in [0.4, 0.5) is 0 Å². The number of nitrogens with one attached hydrogen (secondary N) is 1. The summed E-state index contributed by atoms with van der Waals surface area (Å²) >= 11 is 2.01. The summed E-state index contributed by atoms with van der Waals surface area (Å²) in [5, 5.41) is 3.16. The lowest BCUT2D eigenvalue weighted by Crippen LogP contribution is -2.22. The molecule has 1 aromatic rings. The van der Waals surface area contributed by atoms with Crippen molar-refractivity contribution < 1.29 is 9.47 Å². The fraction of sp³-hybridized carbons (Fsp3) is 0.600. The van der Waals surface area contributed by atoms with Gasteiger partial charge < -0.3 is 14.8 Å². The van der Waals surface area contributed by atoms with Crippen molar-refractivity contribution in [3.8, 4) is 11.5 Å². The van der Waals surface area contributed by atoms with Gasteiger partial charge in [-0.2, -0.15) is 11.8 Å². The van der Waals surface area contributed by atoms with E-state index in [2.05, 4.69) is 17.4 Å². The van der Waals surface area contributed by atoms with Crippen LogP contribution >= 0.6 is 11.8 Å². The van der Waals surface area contributed by atoms with E-state index in [1.807, 2.05) is 24.9 Å². The molecule has 106 valence electrons. The van der Waals surface area contributed by atoms with Crippen molar-refractivity contribution >= 4 is 11.8 Å². The van der Waals surface area contributed by atoms with Crippen LogP contribution in [0.2, 0.25) is 0 Å². The first-order valence-electron chi connectivity index (χ1n) is 6.89. The van der Waals surface area contributed by atoms with Crippen molar-refractivity contribution in [2.45, 2.75) is 25.4 Å². The Kier molecular flexibility index (Phi) is 5.86. The molecule has 2 rings (SSSR count). The fourth-order valence-corrected chi connectivity index (χ4v) is 3.27. The van der Waals surface area contributed by atoms with Gasteiger partial charge in [0.2, 0.25) is 0 Å². The minimum absolute atomic E-state index is 0.346. The topological polar surface area (TPSA) is 30.5 Å². The highest BCUT2D eigenvalue weighted by Crippen LogP contribution is 2.31. The lowest BCUT2D eigenvalue weighted by molar-refractivity contribution is 0.184. The zero-order valence-corrected chi connectivity index (χ0v) is 12.6. The molecule has 0 aromatic heterocycles. The number of methoxy groups -OCH3 is 1. The summed E-state index contributed by atoms with van der Waals surface area (Å²) in [5.74, 6) is 4.14.